The molecule has 0 bridgehead atoms. The lowest BCUT2D eigenvalue weighted by molar-refractivity contribution is -0.137. The van der Waals surface area contributed by atoms with Crippen molar-refractivity contribution < 1.29 is 14.7 Å². The molecular weight excluding hydrogens is 312 g/mol. The average molecular weight is 330 g/mol. The number of hydrogen-bond acceptors (Lipinski definition) is 2. The highest BCUT2D eigenvalue weighted by Gasteiger charge is 2.24. The number of ketones is 1. The molecule has 1 N–H and O–H groups in total. The van der Waals surface area contributed by atoms with Crippen molar-refractivity contribution >= 4 is 11.8 Å². The number of carboxylic acid groups (broad SMARTS) is 1. The van der Waals surface area contributed by atoms with E-state index in [2.05, 4.69) is 0 Å². The molecule has 0 aromatic heterocycles. The molecule has 0 saturated carbocycles. The molecule has 1 atom stereocenters. The first-order valence-corrected chi connectivity index (χ1v) is 8.11. The van der Waals surface area contributed by atoms with Gasteiger partial charge in [-0.05, 0) is 16.7 Å². The SMILES string of the molecule is O=C(O)CC(C(=O)c1ccc(-c2ccccc2)cc1)c1ccccc1. The van der Waals surface area contributed by atoms with Crippen LogP contribution in [0.15, 0.2) is 84.9 Å². The van der Waals surface area contributed by atoms with Gasteiger partial charge in [0.05, 0.1) is 12.3 Å². The van der Waals surface area contributed by atoms with Crippen LogP contribution in [0.4, 0.5) is 0 Å². The second-order valence-electron chi connectivity index (χ2n) is 5.87. The monoisotopic (exact) mass is 330 g/mol. The van der Waals surface area contributed by atoms with E-state index in [0.717, 1.165) is 16.7 Å². The predicted molar refractivity (Wildman–Crippen MR) is 97.6 cm³/mol. The topological polar surface area (TPSA) is 54.4 Å². The Labute approximate surface area is 146 Å². The molecule has 0 aliphatic heterocycles. The van der Waals surface area contributed by atoms with Crippen LogP contribution in [-0.4, -0.2) is 16.9 Å². The molecule has 3 heteroatoms. The van der Waals surface area contributed by atoms with Gasteiger partial charge in [-0.1, -0.05) is 84.9 Å². The van der Waals surface area contributed by atoms with Crippen molar-refractivity contribution in [2.75, 3.05) is 0 Å². The number of carbonyl (C=O) groups excluding carboxylic acids is 1. The zero-order chi connectivity index (χ0) is 17.6. The number of carbonyl (C=O) groups is 2. The summed E-state index contributed by atoms with van der Waals surface area (Å²) >= 11 is 0. The molecule has 0 radical (unpaired) electrons. The van der Waals surface area contributed by atoms with Crippen LogP contribution in [0.5, 0.6) is 0 Å². The molecule has 0 heterocycles. The van der Waals surface area contributed by atoms with Gasteiger partial charge in [-0.2, -0.15) is 0 Å². The molecule has 3 aromatic rings. The van der Waals surface area contributed by atoms with Crippen molar-refractivity contribution in [1.29, 1.82) is 0 Å². The summed E-state index contributed by atoms with van der Waals surface area (Å²) < 4.78 is 0. The van der Waals surface area contributed by atoms with Gasteiger partial charge in [-0.3, -0.25) is 9.59 Å². The minimum absolute atomic E-state index is 0.173. The van der Waals surface area contributed by atoms with E-state index in [4.69, 9.17) is 0 Å². The average Bonchev–Trinajstić information content (AvgIpc) is 2.67. The zero-order valence-electron chi connectivity index (χ0n) is 13.6. The molecule has 3 nitrogen and oxygen atoms in total. The Morgan fingerprint density at radius 1 is 0.720 bits per heavy atom. The lowest BCUT2D eigenvalue weighted by atomic mass is 9.87. The normalized spacial score (nSPS) is 11.7. The summed E-state index contributed by atoms with van der Waals surface area (Å²) in [5, 5.41) is 9.18. The first-order valence-electron chi connectivity index (χ1n) is 8.11. The molecule has 1 unspecified atom stereocenters. The second-order valence-corrected chi connectivity index (χ2v) is 5.87. The minimum atomic E-state index is -0.983. The van der Waals surface area contributed by atoms with Gasteiger partial charge in [0.2, 0.25) is 0 Å². The van der Waals surface area contributed by atoms with Crippen molar-refractivity contribution in [2.24, 2.45) is 0 Å². The van der Waals surface area contributed by atoms with E-state index < -0.39 is 11.9 Å². The van der Waals surface area contributed by atoms with E-state index in [1.54, 1.807) is 24.3 Å². The van der Waals surface area contributed by atoms with Crippen LogP contribution in [0.1, 0.15) is 28.3 Å². The molecule has 0 fully saturated rings. The van der Waals surface area contributed by atoms with E-state index in [9.17, 15) is 14.7 Å². The Kier molecular flexibility index (Phi) is 5.05. The highest BCUT2D eigenvalue weighted by molar-refractivity contribution is 6.02. The highest BCUT2D eigenvalue weighted by atomic mass is 16.4. The number of benzene rings is 3. The fourth-order valence-electron chi connectivity index (χ4n) is 2.88. The zero-order valence-corrected chi connectivity index (χ0v) is 13.6. The second kappa shape index (κ2) is 7.58. The van der Waals surface area contributed by atoms with Crippen LogP contribution in [-0.2, 0) is 4.79 Å². The van der Waals surface area contributed by atoms with E-state index in [0.29, 0.717) is 5.56 Å². The fraction of sp³-hybridized carbons (Fsp3) is 0.0909. The molecule has 3 aromatic carbocycles. The lowest BCUT2D eigenvalue weighted by Crippen LogP contribution is -2.17. The van der Waals surface area contributed by atoms with Crippen LogP contribution >= 0.6 is 0 Å². The number of hydrogen-bond donors (Lipinski definition) is 1. The third-order valence-electron chi connectivity index (χ3n) is 4.17. The third kappa shape index (κ3) is 4.01. The Hall–Kier alpha value is -3.20. The first-order chi connectivity index (χ1) is 12.1. The van der Waals surface area contributed by atoms with Crippen molar-refractivity contribution in [3.05, 3.63) is 96.1 Å². The molecular formula is C22H18O3. The van der Waals surface area contributed by atoms with Gasteiger partial charge in [0.15, 0.2) is 5.78 Å². The van der Waals surface area contributed by atoms with Crippen LogP contribution < -0.4 is 0 Å². The van der Waals surface area contributed by atoms with Crippen LogP contribution in [0.2, 0.25) is 0 Å². The molecule has 0 amide bonds. The van der Waals surface area contributed by atoms with Crippen LogP contribution in [0, 0.1) is 0 Å². The summed E-state index contributed by atoms with van der Waals surface area (Å²) in [6.45, 7) is 0. The maximum atomic E-state index is 12.9. The third-order valence-corrected chi connectivity index (χ3v) is 4.17. The van der Waals surface area contributed by atoms with E-state index in [1.165, 1.54) is 0 Å². The molecule has 25 heavy (non-hydrogen) atoms. The summed E-state index contributed by atoms with van der Waals surface area (Å²) in [6, 6.07) is 26.3. The summed E-state index contributed by atoms with van der Waals surface area (Å²) in [7, 11) is 0. The Morgan fingerprint density at radius 3 is 1.80 bits per heavy atom. The number of Topliss-reactive ketones (excluding diaryl/α,β-unsaturated/α-hetero) is 1. The Morgan fingerprint density at radius 2 is 1.24 bits per heavy atom. The number of aliphatic carboxylic acids is 1. The fourth-order valence-corrected chi connectivity index (χ4v) is 2.88. The summed E-state index contributed by atoms with van der Waals surface area (Å²) in [5.41, 5.74) is 3.34. The molecule has 124 valence electrons. The molecule has 0 spiro atoms. The van der Waals surface area contributed by atoms with Gasteiger partial charge in [0.25, 0.3) is 0 Å². The molecule has 0 aliphatic carbocycles. The number of carboxylic acids is 1. The maximum absolute atomic E-state index is 12.9. The van der Waals surface area contributed by atoms with E-state index in [1.807, 2.05) is 60.7 Å². The van der Waals surface area contributed by atoms with Gasteiger partial charge >= 0.3 is 5.97 Å². The van der Waals surface area contributed by atoms with Crippen molar-refractivity contribution in [1.82, 2.24) is 0 Å². The van der Waals surface area contributed by atoms with Gasteiger partial charge in [0.1, 0.15) is 0 Å². The number of rotatable bonds is 6. The molecule has 3 rings (SSSR count). The van der Waals surface area contributed by atoms with E-state index >= 15 is 0 Å². The van der Waals surface area contributed by atoms with Crippen molar-refractivity contribution in [3.8, 4) is 11.1 Å². The predicted octanol–water partition coefficient (Wildman–Crippen LogP) is 4.79. The molecule has 0 saturated heterocycles. The minimum Gasteiger partial charge on any atom is -0.481 e. The van der Waals surface area contributed by atoms with Gasteiger partial charge < -0.3 is 5.11 Å². The van der Waals surface area contributed by atoms with Gasteiger partial charge in [-0.15, -0.1) is 0 Å². The summed E-state index contributed by atoms with van der Waals surface area (Å²) in [6.07, 6.45) is -0.219. The van der Waals surface area contributed by atoms with Crippen LogP contribution in [0.25, 0.3) is 11.1 Å². The standard InChI is InChI=1S/C22H18O3/c23-21(24)15-20(18-9-5-2-6-10-18)22(25)19-13-11-17(12-14-19)16-7-3-1-4-8-16/h1-14,20H,15H2,(H,23,24). The Balaban J connectivity index is 1.88. The largest absolute Gasteiger partial charge is 0.481 e. The quantitative estimate of drug-likeness (QED) is 0.661. The van der Waals surface area contributed by atoms with E-state index in [-0.39, 0.29) is 12.2 Å². The maximum Gasteiger partial charge on any atom is 0.304 e. The van der Waals surface area contributed by atoms with Crippen molar-refractivity contribution in [3.63, 3.8) is 0 Å². The van der Waals surface area contributed by atoms with Gasteiger partial charge in [-0.25, -0.2) is 0 Å². The summed E-state index contributed by atoms with van der Waals surface area (Å²) in [5.74, 6) is -1.84. The summed E-state index contributed by atoms with van der Waals surface area (Å²) in [4.78, 5) is 24.1. The smallest absolute Gasteiger partial charge is 0.304 e. The van der Waals surface area contributed by atoms with Gasteiger partial charge in [0, 0.05) is 5.56 Å². The first kappa shape index (κ1) is 16.7. The Bertz CT molecular complexity index is 853. The lowest BCUT2D eigenvalue weighted by Gasteiger charge is -2.14. The highest BCUT2D eigenvalue weighted by Crippen LogP contribution is 2.26. The van der Waals surface area contributed by atoms with Crippen molar-refractivity contribution in [2.45, 2.75) is 12.3 Å². The molecule has 0 aliphatic rings. The van der Waals surface area contributed by atoms with Crippen LogP contribution in [0.3, 0.4) is 0 Å².